The summed E-state index contributed by atoms with van der Waals surface area (Å²) < 4.78 is 8.88. The van der Waals surface area contributed by atoms with E-state index in [-0.39, 0.29) is 5.91 Å². The summed E-state index contributed by atoms with van der Waals surface area (Å²) in [5, 5.41) is 10.00. The highest BCUT2D eigenvalue weighted by Crippen LogP contribution is 2.25. The minimum atomic E-state index is -4.64. The summed E-state index contributed by atoms with van der Waals surface area (Å²) in [6.45, 7) is 7.77. The maximum Gasteiger partial charge on any atom is 0.466 e. The molecule has 208 valence electrons. The fraction of sp³-hybridized carbons (Fsp3) is 0.960. The van der Waals surface area contributed by atoms with Crippen molar-refractivity contribution in [3.63, 3.8) is 0 Å². The fourth-order valence-corrected chi connectivity index (χ4v) is 3.29. The van der Waals surface area contributed by atoms with E-state index in [1.807, 2.05) is 27.9 Å². The summed E-state index contributed by atoms with van der Waals surface area (Å²) in [6, 6.07) is 0. The van der Waals surface area contributed by atoms with Gasteiger partial charge in [0.1, 0.15) is 0 Å². The number of carbonyl (C=O) groups is 1. The molecule has 34 heavy (non-hydrogen) atoms. The maximum absolute atomic E-state index is 11.4. The zero-order valence-electron chi connectivity index (χ0n) is 22.9. The van der Waals surface area contributed by atoms with Gasteiger partial charge in [0, 0.05) is 33.6 Å². The number of hydrogen-bond acceptors (Lipinski definition) is 4. The van der Waals surface area contributed by atoms with Crippen molar-refractivity contribution >= 4 is 13.7 Å². The van der Waals surface area contributed by atoms with Gasteiger partial charge in [-0.3, -0.25) is 4.79 Å². The molecule has 1 amide bonds. The second-order valence-electron chi connectivity index (χ2n) is 9.05. The topological polar surface area (TPSA) is 122 Å². The predicted octanol–water partition coefficient (Wildman–Crippen LogP) is 6.52. The van der Waals surface area contributed by atoms with Crippen LogP contribution < -0.4 is 0 Å². The molecule has 0 rings (SSSR count). The molecule has 0 atom stereocenters. The molecule has 4 N–H and O–H groups in total. The fourth-order valence-electron chi connectivity index (χ4n) is 3.29. The molecule has 0 aromatic rings. The van der Waals surface area contributed by atoms with Crippen LogP contribution in [0.15, 0.2) is 0 Å². The molecule has 0 aromatic carbocycles. The van der Waals surface area contributed by atoms with Gasteiger partial charge in [0.15, 0.2) is 0 Å². The number of amides is 1. The Bertz CT molecular complexity index is 452. The first-order valence-electron chi connectivity index (χ1n) is 13.4. The molecule has 9 heteroatoms. The van der Waals surface area contributed by atoms with Crippen LogP contribution in [0.5, 0.6) is 0 Å². The summed E-state index contributed by atoms with van der Waals surface area (Å²) in [7, 11) is -0.957. The second-order valence-corrected chi connectivity index (χ2v) is 10.1. The van der Waals surface area contributed by atoms with Crippen LogP contribution in [0.4, 0.5) is 0 Å². The summed E-state index contributed by atoms with van der Waals surface area (Å²) in [6.07, 6.45) is 22.3. The van der Waals surface area contributed by atoms with Crippen LogP contribution in [0.1, 0.15) is 130 Å². The maximum atomic E-state index is 11.4. The standard InChI is InChI=1S/C20H41NO.C5H13NO.H3O4P/c1-4-5-6-7-8-9-10-11-12-13-14-15-16-17-18-19-20(22)21(2)3;1-3-5-6(7)4-2;1-5(2,3)4/h4-19H2,1-3H3;7H,3-5H2,1-2H3;(H3,1,2,3,4). The van der Waals surface area contributed by atoms with E-state index in [2.05, 4.69) is 6.92 Å². The van der Waals surface area contributed by atoms with E-state index >= 15 is 0 Å². The first kappa shape index (κ1) is 38.0. The van der Waals surface area contributed by atoms with Crippen LogP contribution in [0.3, 0.4) is 0 Å². The Morgan fingerprint density at radius 2 is 0.971 bits per heavy atom. The van der Waals surface area contributed by atoms with Gasteiger partial charge in [0.25, 0.3) is 0 Å². The van der Waals surface area contributed by atoms with Crippen molar-refractivity contribution in [3.8, 4) is 0 Å². The normalized spacial score (nSPS) is 10.9. The number of unbranched alkanes of at least 4 members (excludes halogenated alkanes) is 14. The quantitative estimate of drug-likeness (QED) is 0.0883. The lowest BCUT2D eigenvalue weighted by Gasteiger charge is -2.09. The van der Waals surface area contributed by atoms with Crippen LogP contribution in [0.25, 0.3) is 0 Å². The molecule has 0 unspecified atom stereocenters. The number of phosphoric acid groups is 1. The largest absolute Gasteiger partial charge is 0.466 e. The first-order valence-corrected chi connectivity index (χ1v) is 15.0. The lowest BCUT2D eigenvalue weighted by Crippen LogP contribution is -2.20. The van der Waals surface area contributed by atoms with E-state index < -0.39 is 7.82 Å². The third-order valence-electron chi connectivity index (χ3n) is 5.34. The van der Waals surface area contributed by atoms with Gasteiger partial charge >= 0.3 is 7.82 Å². The average Bonchev–Trinajstić information content (AvgIpc) is 2.75. The number of rotatable bonds is 19. The van der Waals surface area contributed by atoms with Crippen molar-refractivity contribution in [2.75, 3.05) is 27.2 Å². The van der Waals surface area contributed by atoms with Crippen molar-refractivity contribution in [3.05, 3.63) is 0 Å². The molecular weight excluding hydrogens is 455 g/mol. The third-order valence-corrected chi connectivity index (χ3v) is 5.34. The molecule has 0 aromatic heterocycles. The molecule has 0 heterocycles. The van der Waals surface area contributed by atoms with Gasteiger partial charge in [0.2, 0.25) is 5.91 Å². The molecule has 0 radical (unpaired) electrons. The van der Waals surface area contributed by atoms with Gasteiger partial charge < -0.3 is 24.8 Å². The minimum Gasteiger partial charge on any atom is -0.349 e. The van der Waals surface area contributed by atoms with E-state index in [0.717, 1.165) is 32.4 Å². The van der Waals surface area contributed by atoms with E-state index in [4.69, 9.17) is 24.5 Å². The Morgan fingerprint density at radius 3 is 1.21 bits per heavy atom. The molecule has 0 spiro atoms. The van der Waals surface area contributed by atoms with Crippen molar-refractivity contribution < 1.29 is 29.2 Å². The Hall–Kier alpha value is -0.500. The molecule has 0 fully saturated rings. The van der Waals surface area contributed by atoms with Gasteiger partial charge in [-0.2, -0.15) is 5.06 Å². The molecule has 0 bridgehead atoms. The Morgan fingerprint density at radius 1 is 0.647 bits per heavy atom. The highest BCUT2D eigenvalue weighted by Gasteiger charge is 2.02. The van der Waals surface area contributed by atoms with Crippen molar-refractivity contribution in [2.24, 2.45) is 0 Å². The Balaban J connectivity index is -0.000000654. The van der Waals surface area contributed by atoms with E-state index in [9.17, 15) is 4.79 Å². The highest BCUT2D eigenvalue weighted by atomic mass is 31.2. The van der Waals surface area contributed by atoms with Crippen molar-refractivity contribution in [2.45, 2.75) is 130 Å². The third kappa shape index (κ3) is 45.1. The minimum absolute atomic E-state index is 0.273. The lowest BCUT2D eigenvalue weighted by molar-refractivity contribution is -0.128. The summed E-state index contributed by atoms with van der Waals surface area (Å²) in [4.78, 5) is 34.7. The summed E-state index contributed by atoms with van der Waals surface area (Å²) >= 11 is 0. The van der Waals surface area contributed by atoms with Crippen LogP contribution in [-0.2, 0) is 9.36 Å². The van der Waals surface area contributed by atoms with E-state index in [0.29, 0.717) is 0 Å². The molecule has 0 saturated carbocycles. The van der Waals surface area contributed by atoms with Crippen molar-refractivity contribution in [1.29, 1.82) is 0 Å². The monoisotopic (exact) mass is 512 g/mol. The predicted molar refractivity (Wildman–Crippen MR) is 142 cm³/mol. The number of hydrogen-bond donors (Lipinski definition) is 4. The zero-order valence-corrected chi connectivity index (χ0v) is 23.8. The van der Waals surface area contributed by atoms with Gasteiger partial charge in [-0.05, 0) is 12.8 Å². The van der Waals surface area contributed by atoms with Crippen molar-refractivity contribution in [1.82, 2.24) is 9.96 Å². The number of hydroxylamine groups is 2. The van der Waals surface area contributed by atoms with E-state index in [1.54, 1.807) is 4.90 Å². The zero-order chi connectivity index (χ0) is 26.7. The molecule has 0 aliphatic heterocycles. The SMILES string of the molecule is CCCCCCCCCCCCCCCCCC(=O)N(C)C.CCCN(O)CC.O=P(O)(O)O. The summed E-state index contributed by atoms with van der Waals surface area (Å²) in [5.74, 6) is 0.273. The lowest BCUT2D eigenvalue weighted by atomic mass is 10.0. The second kappa shape index (κ2) is 28.7. The molecular formula is C25H57N2O6P. The highest BCUT2D eigenvalue weighted by molar-refractivity contribution is 7.45. The van der Waals surface area contributed by atoms with Gasteiger partial charge in [-0.25, -0.2) is 4.57 Å². The first-order chi connectivity index (χ1) is 16.0. The molecule has 0 aliphatic carbocycles. The average molecular weight is 513 g/mol. The van der Waals surface area contributed by atoms with Gasteiger partial charge in [-0.15, -0.1) is 0 Å². The smallest absolute Gasteiger partial charge is 0.349 e. The van der Waals surface area contributed by atoms with Gasteiger partial charge in [-0.1, -0.05) is 111 Å². The Labute approximate surface area is 210 Å². The van der Waals surface area contributed by atoms with Crippen LogP contribution in [-0.4, -0.2) is 62.9 Å². The summed E-state index contributed by atoms with van der Waals surface area (Å²) in [5.41, 5.74) is 0. The molecule has 8 nitrogen and oxygen atoms in total. The molecule has 0 aliphatic rings. The van der Waals surface area contributed by atoms with E-state index in [1.165, 1.54) is 95.0 Å². The van der Waals surface area contributed by atoms with Crippen LogP contribution in [0.2, 0.25) is 0 Å². The Kier molecular flexibility index (Phi) is 32.1. The van der Waals surface area contributed by atoms with Gasteiger partial charge in [0.05, 0.1) is 0 Å². The number of nitrogens with zero attached hydrogens (tertiary/aromatic N) is 2. The van der Waals surface area contributed by atoms with Crippen LogP contribution in [0, 0.1) is 0 Å². The number of carbonyl (C=O) groups excluding carboxylic acids is 1. The molecule has 0 saturated heterocycles. The van der Waals surface area contributed by atoms with Crippen LogP contribution >= 0.6 is 7.82 Å².